The molecule has 24 heavy (non-hydrogen) atoms. The number of hydrogen-bond donors (Lipinski definition) is 2. The highest BCUT2D eigenvalue weighted by Crippen LogP contribution is 2.25. The van der Waals surface area contributed by atoms with Gasteiger partial charge in [0.2, 0.25) is 10.0 Å². The van der Waals surface area contributed by atoms with Crippen LogP contribution in [-0.4, -0.2) is 47.7 Å². The fourth-order valence-corrected chi connectivity index (χ4v) is 3.05. The second kappa shape index (κ2) is 9.00. The minimum atomic E-state index is -3.81. The Kier molecular flexibility index (Phi) is 7.65. The van der Waals surface area contributed by atoms with E-state index in [0.29, 0.717) is 0 Å². The fourth-order valence-electron chi connectivity index (χ4n) is 1.84. The van der Waals surface area contributed by atoms with E-state index < -0.39 is 10.0 Å². The molecule has 1 aromatic rings. The van der Waals surface area contributed by atoms with Gasteiger partial charge in [-0.05, 0) is 31.0 Å². The number of methoxy groups -OCH3 is 2. The zero-order chi connectivity index (χ0) is 18.3. The van der Waals surface area contributed by atoms with Gasteiger partial charge in [-0.2, -0.15) is 0 Å². The van der Waals surface area contributed by atoms with Gasteiger partial charge in [-0.1, -0.05) is 13.8 Å². The van der Waals surface area contributed by atoms with Crippen molar-refractivity contribution in [1.82, 2.24) is 10.0 Å². The maximum absolute atomic E-state index is 12.4. The molecule has 0 fully saturated rings. The molecule has 0 radical (unpaired) electrons. The van der Waals surface area contributed by atoms with Gasteiger partial charge in [0, 0.05) is 25.3 Å². The summed E-state index contributed by atoms with van der Waals surface area (Å²) in [4.78, 5) is 12.2. The van der Waals surface area contributed by atoms with Crippen molar-refractivity contribution < 1.29 is 22.7 Å². The number of sulfonamides is 1. The molecule has 0 saturated carbocycles. The number of amides is 1. The Hall–Kier alpha value is -1.64. The van der Waals surface area contributed by atoms with Crippen molar-refractivity contribution in [3.63, 3.8) is 0 Å². The predicted octanol–water partition coefficient (Wildman–Crippen LogP) is 1.39. The van der Waals surface area contributed by atoms with E-state index in [1.807, 2.05) is 20.8 Å². The summed E-state index contributed by atoms with van der Waals surface area (Å²) in [5.41, 5.74) is 0.260. The summed E-state index contributed by atoms with van der Waals surface area (Å²) in [6.07, 6.45) is 0. The van der Waals surface area contributed by atoms with Crippen LogP contribution in [0.2, 0.25) is 0 Å². The van der Waals surface area contributed by atoms with Gasteiger partial charge in [-0.25, -0.2) is 13.1 Å². The molecular weight excluding hydrogens is 332 g/mol. The zero-order valence-corrected chi connectivity index (χ0v) is 15.6. The highest BCUT2D eigenvalue weighted by Gasteiger charge is 2.22. The minimum Gasteiger partial charge on any atom is -0.495 e. The SMILES string of the molecule is COCCNS(=O)(=O)c1cc(C(=O)N[C@H](C)C(C)C)ccc1OC. The van der Waals surface area contributed by atoms with Crippen molar-refractivity contribution in [3.8, 4) is 5.75 Å². The Morgan fingerprint density at radius 2 is 1.88 bits per heavy atom. The van der Waals surface area contributed by atoms with Crippen LogP contribution >= 0.6 is 0 Å². The van der Waals surface area contributed by atoms with Gasteiger partial charge >= 0.3 is 0 Å². The number of carbonyl (C=O) groups is 1. The Bertz CT molecular complexity index is 658. The van der Waals surface area contributed by atoms with Gasteiger partial charge < -0.3 is 14.8 Å². The molecule has 0 aliphatic rings. The van der Waals surface area contributed by atoms with Crippen molar-refractivity contribution in [2.24, 2.45) is 5.92 Å². The van der Waals surface area contributed by atoms with Gasteiger partial charge in [0.05, 0.1) is 13.7 Å². The lowest BCUT2D eigenvalue weighted by atomic mass is 10.1. The Balaban J connectivity index is 3.10. The average molecular weight is 358 g/mol. The van der Waals surface area contributed by atoms with E-state index >= 15 is 0 Å². The Labute approximate surface area is 143 Å². The first-order valence-corrected chi connectivity index (χ1v) is 9.18. The molecule has 0 unspecified atom stereocenters. The van der Waals surface area contributed by atoms with Crippen LogP contribution < -0.4 is 14.8 Å². The number of nitrogens with one attached hydrogen (secondary N) is 2. The van der Waals surface area contributed by atoms with Gasteiger partial charge in [0.25, 0.3) is 5.91 Å². The molecule has 136 valence electrons. The van der Waals surface area contributed by atoms with Crippen LogP contribution in [0.5, 0.6) is 5.75 Å². The molecule has 0 aliphatic heterocycles. The Morgan fingerprint density at radius 3 is 2.42 bits per heavy atom. The van der Waals surface area contributed by atoms with E-state index in [1.54, 1.807) is 0 Å². The first kappa shape index (κ1) is 20.4. The predicted molar refractivity (Wildman–Crippen MR) is 91.8 cm³/mol. The first-order valence-electron chi connectivity index (χ1n) is 7.70. The molecule has 0 aromatic heterocycles. The van der Waals surface area contributed by atoms with Gasteiger partial charge in [0.15, 0.2) is 0 Å². The van der Waals surface area contributed by atoms with Crippen molar-refractivity contribution in [2.45, 2.75) is 31.7 Å². The van der Waals surface area contributed by atoms with Crippen LogP contribution in [0, 0.1) is 5.92 Å². The summed E-state index contributed by atoms with van der Waals surface area (Å²) in [6.45, 7) is 6.26. The summed E-state index contributed by atoms with van der Waals surface area (Å²) in [7, 11) is -0.950. The summed E-state index contributed by atoms with van der Waals surface area (Å²) < 4.78 is 37.2. The van der Waals surface area contributed by atoms with E-state index in [1.165, 1.54) is 32.4 Å². The maximum Gasteiger partial charge on any atom is 0.251 e. The normalized spacial score (nSPS) is 12.9. The summed E-state index contributed by atoms with van der Waals surface area (Å²) in [6, 6.07) is 4.30. The molecule has 0 saturated heterocycles. The molecule has 1 atom stereocenters. The molecule has 0 aliphatic carbocycles. The van der Waals surface area contributed by atoms with Crippen LogP contribution in [0.3, 0.4) is 0 Å². The van der Waals surface area contributed by atoms with Gasteiger partial charge in [-0.3, -0.25) is 4.79 Å². The smallest absolute Gasteiger partial charge is 0.251 e. The lowest BCUT2D eigenvalue weighted by Gasteiger charge is -2.18. The Morgan fingerprint density at radius 1 is 1.21 bits per heavy atom. The van der Waals surface area contributed by atoms with Gasteiger partial charge in [0.1, 0.15) is 10.6 Å². The highest BCUT2D eigenvalue weighted by atomic mass is 32.2. The van der Waals surface area contributed by atoms with Crippen LogP contribution in [-0.2, 0) is 14.8 Å². The van der Waals surface area contributed by atoms with Crippen LogP contribution in [0.4, 0.5) is 0 Å². The van der Waals surface area contributed by atoms with Gasteiger partial charge in [-0.15, -0.1) is 0 Å². The molecule has 1 rings (SSSR count). The number of benzene rings is 1. The van der Waals surface area contributed by atoms with Crippen molar-refractivity contribution in [2.75, 3.05) is 27.4 Å². The van der Waals surface area contributed by atoms with Crippen molar-refractivity contribution in [3.05, 3.63) is 23.8 Å². The van der Waals surface area contributed by atoms with Crippen LogP contribution in [0.15, 0.2) is 23.1 Å². The number of carbonyl (C=O) groups excluding carboxylic acids is 1. The molecule has 8 heteroatoms. The number of hydrogen-bond acceptors (Lipinski definition) is 5. The van der Waals surface area contributed by atoms with E-state index in [9.17, 15) is 13.2 Å². The van der Waals surface area contributed by atoms with Crippen molar-refractivity contribution >= 4 is 15.9 Å². The summed E-state index contributed by atoms with van der Waals surface area (Å²) in [5, 5.41) is 2.85. The third kappa shape index (κ3) is 5.47. The lowest BCUT2D eigenvalue weighted by Crippen LogP contribution is -2.36. The third-order valence-electron chi connectivity index (χ3n) is 3.67. The molecular formula is C16H26N2O5S. The minimum absolute atomic E-state index is 0.0283. The average Bonchev–Trinajstić information content (AvgIpc) is 2.54. The number of ether oxygens (including phenoxy) is 2. The third-order valence-corrected chi connectivity index (χ3v) is 5.15. The standard InChI is InChI=1S/C16H26N2O5S/c1-11(2)12(3)18-16(19)13-6-7-14(23-5)15(10-13)24(20,21)17-8-9-22-4/h6-7,10-12,17H,8-9H2,1-5H3,(H,18,19)/t12-/m1/s1. The monoisotopic (exact) mass is 358 g/mol. The molecule has 1 amide bonds. The largest absolute Gasteiger partial charge is 0.495 e. The van der Waals surface area contributed by atoms with E-state index in [0.717, 1.165) is 0 Å². The molecule has 0 bridgehead atoms. The summed E-state index contributed by atoms with van der Waals surface area (Å²) >= 11 is 0. The molecule has 1 aromatic carbocycles. The number of rotatable bonds is 9. The van der Waals surface area contributed by atoms with E-state index in [-0.39, 0.29) is 47.2 Å². The van der Waals surface area contributed by atoms with Crippen molar-refractivity contribution in [1.29, 1.82) is 0 Å². The topological polar surface area (TPSA) is 93.7 Å². The van der Waals surface area contributed by atoms with E-state index in [2.05, 4.69) is 10.0 Å². The van der Waals surface area contributed by atoms with Crippen LogP contribution in [0.25, 0.3) is 0 Å². The first-order chi connectivity index (χ1) is 11.2. The molecule has 2 N–H and O–H groups in total. The quantitative estimate of drug-likeness (QED) is 0.651. The zero-order valence-electron chi connectivity index (χ0n) is 14.8. The molecule has 0 heterocycles. The fraction of sp³-hybridized carbons (Fsp3) is 0.562. The second-order valence-corrected chi connectivity index (χ2v) is 7.50. The maximum atomic E-state index is 12.4. The molecule has 0 spiro atoms. The lowest BCUT2D eigenvalue weighted by molar-refractivity contribution is 0.0930. The highest BCUT2D eigenvalue weighted by molar-refractivity contribution is 7.89. The van der Waals surface area contributed by atoms with E-state index in [4.69, 9.17) is 9.47 Å². The summed E-state index contributed by atoms with van der Waals surface area (Å²) in [5.74, 6) is 0.117. The molecule has 7 nitrogen and oxygen atoms in total. The van der Waals surface area contributed by atoms with Crippen LogP contribution in [0.1, 0.15) is 31.1 Å². The second-order valence-electron chi connectivity index (χ2n) is 5.76.